The first-order valence-electron chi connectivity index (χ1n) is 9.50. The lowest BCUT2D eigenvalue weighted by molar-refractivity contribution is -0.287. The molecule has 1 aliphatic heterocycles. The maximum absolute atomic E-state index is 12.4. The predicted molar refractivity (Wildman–Crippen MR) is 91.7 cm³/mol. The van der Waals surface area contributed by atoms with Crippen LogP contribution in [0.2, 0.25) is 0 Å². The number of ketones is 1. The monoisotopic (exact) mass is 364 g/mol. The van der Waals surface area contributed by atoms with E-state index in [9.17, 15) is 24.9 Å². The third kappa shape index (κ3) is 1.93. The highest BCUT2D eigenvalue weighted by Gasteiger charge is 2.72. The van der Waals surface area contributed by atoms with Gasteiger partial charge in [-0.1, -0.05) is 26.3 Å². The quantitative estimate of drug-likeness (QED) is 0.550. The highest BCUT2D eigenvalue weighted by molar-refractivity contribution is 5.96. The Hall–Kier alpha value is -1.24. The second-order valence-electron chi connectivity index (χ2n) is 9.32. The highest BCUT2D eigenvalue weighted by atomic mass is 16.5. The number of hydrogen-bond donors (Lipinski definition) is 3. The third-order valence-corrected chi connectivity index (χ3v) is 8.34. The summed E-state index contributed by atoms with van der Waals surface area (Å²) in [7, 11) is 0. The predicted octanol–water partition coefficient (Wildman–Crippen LogP) is 0.828. The molecule has 0 bridgehead atoms. The standard InChI is InChI=1S/C20H28O6/c1-8-5-12(21)18(25)20(4)10(8)6-13-19(3)11(7-14(22)26-13)9(2)15(23)16(24)17(19)20/h5,9-11,13,15-18,23-25H,6-7H2,1-4H3/t9-,10+,11+,13-,15-,16+,17+,18-,19-,20+/m1/s1. The molecule has 0 amide bonds. The molecule has 0 aromatic heterocycles. The van der Waals surface area contributed by atoms with Gasteiger partial charge in [0.25, 0.3) is 0 Å². The molecule has 2 saturated carbocycles. The molecule has 6 nitrogen and oxygen atoms in total. The minimum absolute atomic E-state index is 0.163. The Balaban J connectivity index is 1.94. The number of hydrogen-bond acceptors (Lipinski definition) is 6. The number of carbonyl (C=O) groups is 2. The lowest BCUT2D eigenvalue weighted by Crippen LogP contribution is -2.74. The van der Waals surface area contributed by atoms with Crippen LogP contribution in [0.3, 0.4) is 0 Å². The maximum Gasteiger partial charge on any atom is 0.306 e. The van der Waals surface area contributed by atoms with Gasteiger partial charge < -0.3 is 20.1 Å². The van der Waals surface area contributed by atoms with Crippen molar-refractivity contribution in [1.82, 2.24) is 0 Å². The van der Waals surface area contributed by atoms with Gasteiger partial charge in [0.1, 0.15) is 12.2 Å². The first-order chi connectivity index (χ1) is 12.0. The second kappa shape index (κ2) is 5.40. The van der Waals surface area contributed by atoms with Gasteiger partial charge in [-0.15, -0.1) is 0 Å². The van der Waals surface area contributed by atoms with E-state index in [0.29, 0.717) is 6.42 Å². The van der Waals surface area contributed by atoms with Gasteiger partial charge in [0, 0.05) is 23.2 Å². The molecule has 3 aliphatic carbocycles. The van der Waals surface area contributed by atoms with Crippen LogP contribution in [0.5, 0.6) is 0 Å². The number of allylic oxidation sites excluding steroid dienone is 1. The Kier molecular flexibility index (Phi) is 3.76. The summed E-state index contributed by atoms with van der Waals surface area (Å²) < 4.78 is 5.74. The number of rotatable bonds is 0. The highest BCUT2D eigenvalue weighted by Crippen LogP contribution is 2.68. The van der Waals surface area contributed by atoms with Crippen LogP contribution in [0.15, 0.2) is 11.6 Å². The number of aliphatic hydroxyl groups excluding tert-OH is 3. The fourth-order valence-electron chi connectivity index (χ4n) is 7.04. The Labute approximate surface area is 153 Å². The first kappa shape index (κ1) is 18.1. The Morgan fingerprint density at radius 2 is 1.77 bits per heavy atom. The molecule has 0 aromatic carbocycles. The second-order valence-corrected chi connectivity index (χ2v) is 9.32. The average molecular weight is 364 g/mol. The van der Waals surface area contributed by atoms with E-state index in [0.717, 1.165) is 5.57 Å². The molecule has 1 saturated heterocycles. The van der Waals surface area contributed by atoms with E-state index in [4.69, 9.17) is 4.74 Å². The van der Waals surface area contributed by atoms with Gasteiger partial charge in [0.05, 0.1) is 12.2 Å². The van der Waals surface area contributed by atoms with Crippen LogP contribution in [0, 0.1) is 34.5 Å². The van der Waals surface area contributed by atoms with Crippen molar-refractivity contribution in [3.63, 3.8) is 0 Å². The number of fused-ring (bicyclic) bond motifs is 2. The summed E-state index contributed by atoms with van der Waals surface area (Å²) >= 11 is 0. The molecule has 144 valence electrons. The molecular weight excluding hydrogens is 336 g/mol. The average Bonchev–Trinajstić information content (AvgIpc) is 2.56. The fourth-order valence-corrected chi connectivity index (χ4v) is 7.04. The summed E-state index contributed by atoms with van der Waals surface area (Å²) in [6.45, 7) is 7.56. The van der Waals surface area contributed by atoms with Gasteiger partial charge in [0.2, 0.25) is 0 Å². The minimum atomic E-state index is -1.24. The molecule has 0 unspecified atom stereocenters. The zero-order chi connectivity index (χ0) is 19.2. The zero-order valence-electron chi connectivity index (χ0n) is 15.7. The third-order valence-electron chi connectivity index (χ3n) is 8.34. The molecule has 6 heteroatoms. The van der Waals surface area contributed by atoms with Crippen LogP contribution in [-0.4, -0.2) is 51.5 Å². The number of aliphatic hydroxyl groups is 3. The zero-order valence-corrected chi connectivity index (χ0v) is 15.7. The lowest BCUT2D eigenvalue weighted by atomic mass is 9.38. The molecule has 3 fully saturated rings. The minimum Gasteiger partial charge on any atom is -0.462 e. The molecule has 1 heterocycles. The fraction of sp³-hybridized carbons (Fsp3) is 0.800. The summed E-state index contributed by atoms with van der Waals surface area (Å²) in [5, 5.41) is 32.7. The van der Waals surface area contributed by atoms with Crippen molar-refractivity contribution in [3.8, 4) is 0 Å². The number of esters is 1. The van der Waals surface area contributed by atoms with Crippen LogP contribution < -0.4 is 0 Å². The van der Waals surface area contributed by atoms with Crippen molar-refractivity contribution in [2.45, 2.75) is 65.0 Å². The summed E-state index contributed by atoms with van der Waals surface area (Å²) in [4.78, 5) is 24.7. The largest absolute Gasteiger partial charge is 0.462 e. The molecule has 10 atom stereocenters. The van der Waals surface area contributed by atoms with E-state index in [-0.39, 0.29) is 35.9 Å². The van der Waals surface area contributed by atoms with Gasteiger partial charge in [-0.3, -0.25) is 9.59 Å². The molecule has 0 spiro atoms. The number of ether oxygens (including phenoxy) is 1. The van der Waals surface area contributed by atoms with E-state index >= 15 is 0 Å². The van der Waals surface area contributed by atoms with Crippen molar-refractivity contribution < 1.29 is 29.6 Å². The normalized spacial score (nSPS) is 56.2. The summed E-state index contributed by atoms with van der Waals surface area (Å²) in [5.74, 6) is -1.80. The molecular formula is C20H28O6. The Morgan fingerprint density at radius 1 is 1.12 bits per heavy atom. The van der Waals surface area contributed by atoms with Crippen molar-refractivity contribution in [2.24, 2.45) is 34.5 Å². The van der Waals surface area contributed by atoms with Crippen molar-refractivity contribution in [3.05, 3.63) is 11.6 Å². The van der Waals surface area contributed by atoms with Gasteiger partial charge in [-0.05, 0) is 37.2 Å². The smallest absolute Gasteiger partial charge is 0.306 e. The van der Waals surface area contributed by atoms with Gasteiger partial charge >= 0.3 is 5.97 Å². The van der Waals surface area contributed by atoms with Gasteiger partial charge in [-0.2, -0.15) is 0 Å². The van der Waals surface area contributed by atoms with Crippen molar-refractivity contribution in [1.29, 1.82) is 0 Å². The van der Waals surface area contributed by atoms with Crippen LogP contribution in [-0.2, 0) is 14.3 Å². The SMILES string of the molecule is CC1=CC(=O)[C@@H](O)[C@]2(C)[C@H]3[C@@H](O)[C@H](O)[C@H](C)[C@@H]4CC(=O)O[C@H](C[C@@H]12)[C@]34C. The van der Waals surface area contributed by atoms with E-state index in [1.165, 1.54) is 6.08 Å². The maximum atomic E-state index is 12.4. The molecule has 0 radical (unpaired) electrons. The van der Waals surface area contributed by atoms with E-state index in [2.05, 4.69) is 0 Å². The summed E-state index contributed by atoms with van der Waals surface area (Å²) in [6.07, 6.45) is -1.56. The molecule has 4 rings (SSSR count). The Morgan fingerprint density at radius 3 is 2.42 bits per heavy atom. The molecule has 26 heavy (non-hydrogen) atoms. The van der Waals surface area contributed by atoms with E-state index in [1.807, 2.05) is 27.7 Å². The van der Waals surface area contributed by atoms with Crippen molar-refractivity contribution >= 4 is 11.8 Å². The molecule has 0 aromatic rings. The van der Waals surface area contributed by atoms with Gasteiger partial charge in [-0.25, -0.2) is 0 Å². The summed E-state index contributed by atoms with van der Waals surface area (Å²) in [5.41, 5.74) is -0.678. The Bertz CT molecular complexity index is 700. The van der Waals surface area contributed by atoms with Gasteiger partial charge in [0.15, 0.2) is 5.78 Å². The first-order valence-corrected chi connectivity index (χ1v) is 9.50. The topological polar surface area (TPSA) is 104 Å². The van der Waals surface area contributed by atoms with E-state index < -0.39 is 41.2 Å². The molecule has 3 N–H and O–H groups in total. The van der Waals surface area contributed by atoms with Crippen LogP contribution in [0.1, 0.15) is 40.5 Å². The van der Waals surface area contributed by atoms with Crippen LogP contribution in [0.4, 0.5) is 0 Å². The van der Waals surface area contributed by atoms with Crippen LogP contribution in [0.25, 0.3) is 0 Å². The van der Waals surface area contributed by atoms with Crippen LogP contribution >= 0.6 is 0 Å². The molecule has 4 aliphatic rings. The van der Waals surface area contributed by atoms with E-state index in [1.54, 1.807) is 0 Å². The summed E-state index contributed by atoms with van der Waals surface area (Å²) in [6, 6.07) is 0. The van der Waals surface area contributed by atoms with Crippen molar-refractivity contribution in [2.75, 3.05) is 0 Å². The lowest BCUT2D eigenvalue weighted by Gasteiger charge is -2.68. The number of carbonyl (C=O) groups excluding carboxylic acids is 2.